The first-order valence-electron chi connectivity index (χ1n) is 11.7. The van der Waals surface area contributed by atoms with E-state index < -0.39 is 0 Å². The number of carbonyl (C=O) groups excluding carboxylic acids is 1. The zero-order valence-electron chi connectivity index (χ0n) is 20.9. The maximum atomic E-state index is 13.3. The van der Waals surface area contributed by atoms with Gasteiger partial charge in [-0.25, -0.2) is 4.79 Å². The number of ether oxygens (including phenoxy) is 3. The third kappa shape index (κ3) is 7.81. The molecule has 0 bridgehead atoms. The van der Waals surface area contributed by atoms with E-state index in [0.29, 0.717) is 37.6 Å². The number of anilines is 1. The van der Waals surface area contributed by atoms with E-state index in [9.17, 15) is 4.79 Å². The van der Waals surface area contributed by atoms with Gasteiger partial charge in [-0.05, 0) is 67.8 Å². The SMILES string of the molecule is CCOc1ccc(NC(=O)N(CCc2ccc(OC)c(OC)c2)C/C(C)=C/c2ccccc2)cc1. The van der Waals surface area contributed by atoms with Gasteiger partial charge in [0.1, 0.15) is 5.75 Å². The molecule has 35 heavy (non-hydrogen) atoms. The van der Waals surface area contributed by atoms with Crippen molar-refractivity contribution in [2.24, 2.45) is 0 Å². The van der Waals surface area contributed by atoms with Crippen LogP contribution >= 0.6 is 0 Å². The normalized spacial score (nSPS) is 11.0. The number of hydrogen-bond acceptors (Lipinski definition) is 4. The molecule has 1 N–H and O–H groups in total. The molecule has 0 saturated heterocycles. The Bertz CT molecular complexity index is 1110. The van der Waals surface area contributed by atoms with E-state index >= 15 is 0 Å². The molecular weight excluding hydrogens is 440 g/mol. The fourth-order valence-corrected chi connectivity index (χ4v) is 3.74. The van der Waals surface area contributed by atoms with Crippen molar-refractivity contribution in [1.29, 1.82) is 0 Å². The van der Waals surface area contributed by atoms with Gasteiger partial charge in [0.15, 0.2) is 11.5 Å². The summed E-state index contributed by atoms with van der Waals surface area (Å²) in [4.78, 5) is 15.1. The average Bonchev–Trinajstić information content (AvgIpc) is 2.88. The van der Waals surface area contributed by atoms with Crippen LogP contribution in [0.4, 0.5) is 10.5 Å². The van der Waals surface area contributed by atoms with Crippen molar-refractivity contribution >= 4 is 17.8 Å². The second-order valence-corrected chi connectivity index (χ2v) is 8.15. The van der Waals surface area contributed by atoms with Crippen molar-refractivity contribution in [3.05, 3.63) is 89.5 Å². The number of urea groups is 1. The second kappa shape index (κ2) is 13.1. The smallest absolute Gasteiger partial charge is 0.322 e. The molecule has 0 saturated carbocycles. The molecule has 6 heteroatoms. The molecule has 6 nitrogen and oxygen atoms in total. The van der Waals surface area contributed by atoms with Gasteiger partial charge in [-0.15, -0.1) is 0 Å². The molecule has 0 unspecified atom stereocenters. The molecule has 0 aliphatic heterocycles. The van der Waals surface area contributed by atoms with E-state index in [1.54, 1.807) is 14.2 Å². The minimum absolute atomic E-state index is 0.157. The monoisotopic (exact) mass is 474 g/mol. The van der Waals surface area contributed by atoms with Gasteiger partial charge in [0.2, 0.25) is 0 Å². The van der Waals surface area contributed by atoms with Crippen LogP contribution in [-0.4, -0.2) is 44.8 Å². The fraction of sp³-hybridized carbons (Fsp3) is 0.276. The van der Waals surface area contributed by atoms with Gasteiger partial charge in [0.05, 0.1) is 20.8 Å². The maximum absolute atomic E-state index is 13.3. The Morgan fingerprint density at radius 1 is 0.943 bits per heavy atom. The van der Waals surface area contributed by atoms with E-state index in [2.05, 4.69) is 23.5 Å². The highest BCUT2D eigenvalue weighted by Crippen LogP contribution is 2.28. The molecule has 0 radical (unpaired) electrons. The fourth-order valence-electron chi connectivity index (χ4n) is 3.74. The minimum atomic E-state index is -0.157. The van der Waals surface area contributed by atoms with E-state index in [-0.39, 0.29) is 6.03 Å². The number of amides is 2. The quantitative estimate of drug-likeness (QED) is 0.355. The van der Waals surface area contributed by atoms with Crippen molar-refractivity contribution in [1.82, 2.24) is 4.90 Å². The highest BCUT2D eigenvalue weighted by Gasteiger charge is 2.15. The van der Waals surface area contributed by atoms with Gasteiger partial charge in [-0.1, -0.05) is 48.0 Å². The van der Waals surface area contributed by atoms with E-state index in [1.807, 2.05) is 79.4 Å². The van der Waals surface area contributed by atoms with Gasteiger partial charge in [0.25, 0.3) is 0 Å². The molecular formula is C29H34N2O4. The van der Waals surface area contributed by atoms with Crippen LogP contribution in [0, 0.1) is 0 Å². The van der Waals surface area contributed by atoms with E-state index in [1.165, 1.54) is 0 Å². The number of rotatable bonds is 11. The van der Waals surface area contributed by atoms with Crippen LogP contribution in [0.25, 0.3) is 6.08 Å². The summed E-state index contributed by atoms with van der Waals surface area (Å²) in [5.74, 6) is 2.14. The van der Waals surface area contributed by atoms with Crippen molar-refractivity contribution < 1.29 is 19.0 Å². The number of benzene rings is 3. The summed E-state index contributed by atoms with van der Waals surface area (Å²) in [6, 6.07) is 23.2. The van der Waals surface area contributed by atoms with Crippen LogP contribution in [0.1, 0.15) is 25.0 Å². The number of methoxy groups -OCH3 is 2. The minimum Gasteiger partial charge on any atom is -0.494 e. The van der Waals surface area contributed by atoms with Crippen molar-refractivity contribution in [3.8, 4) is 17.2 Å². The lowest BCUT2D eigenvalue weighted by Crippen LogP contribution is -2.37. The average molecular weight is 475 g/mol. The zero-order valence-corrected chi connectivity index (χ0v) is 20.9. The number of carbonyl (C=O) groups is 1. The molecule has 0 aliphatic carbocycles. The lowest BCUT2D eigenvalue weighted by atomic mass is 10.1. The molecule has 0 spiro atoms. The van der Waals surface area contributed by atoms with Crippen LogP contribution in [0.3, 0.4) is 0 Å². The summed E-state index contributed by atoms with van der Waals surface area (Å²) in [5.41, 5.74) is 3.98. The topological polar surface area (TPSA) is 60.0 Å². The first-order chi connectivity index (χ1) is 17.0. The molecule has 3 aromatic carbocycles. The Hall–Kier alpha value is -3.93. The highest BCUT2D eigenvalue weighted by molar-refractivity contribution is 5.89. The summed E-state index contributed by atoms with van der Waals surface area (Å²) in [5, 5.41) is 3.02. The lowest BCUT2D eigenvalue weighted by Gasteiger charge is -2.24. The molecule has 3 aromatic rings. The lowest BCUT2D eigenvalue weighted by molar-refractivity contribution is 0.216. The molecule has 0 atom stereocenters. The van der Waals surface area contributed by atoms with Gasteiger partial charge in [0, 0.05) is 18.8 Å². The Morgan fingerprint density at radius 2 is 1.66 bits per heavy atom. The second-order valence-electron chi connectivity index (χ2n) is 8.15. The summed E-state index contributed by atoms with van der Waals surface area (Å²) >= 11 is 0. The molecule has 3 rings (SSSR count). The summed E-state index contributed by atoms with van der Waals surface area (Å²) in [7, 11) is 3.24. The van der Waals surface area contributed by atoms with E-state index in [0.717, 1.165) is 28.1 Å². The van der Waals surface area contributed by atoms with Crippen LogP contribution < -0.4 is 19.5 Å². The number of nitrogens with zero attached hydrogens (tertiary/aromatic N) is 1. The summed E-state index contributed by atoms with van der Waals surface area (Å²) in [6.45, 7) is 5.63. The zero-order chi connectivity index (χ0) is 25.0. The van der Waals surface area contributed by atoms with Gasteiger partial charge < -0.3 is 24.4 Å². The van der Waals surface area contributed by atoms with Gasteiger partial charge in [-0.3, -0.25) is 0 Å². The van der Waals surface area contributed by atoms with Gasteiger partial charge in [-0.2, -0.15) is 0 Å². The Balaban J connectivity index is 1.75. The summed E-state index contributed by atoms with van der Waals surface area (Å²) < 4.78 is 16.3. The first kappa shape index (κ1) is 25.7. The molecule has 0 fully saturated rings. The third-order valence-corrected chi connectivity index (χ3v) is 5.48. The van der Waals surface area contributed by atoms with Crippen LogP contribution in [0.15, 0.2) is 78.4 Å². The predicted octanol–water partition coefficient (Wildman–Crippen LogP) is 6.28. The highest BCUT2D eigenvalue weighted by atomic mass is 16.5. The van der Waals surface area contributed by atoms with Crippen molar-refractivity contribution in [3.63, 3.8) is 0 Å². The Morgan fingerprint density at radius 3 is 2.31 bits per heavy atom. The standard InChI is InChI=1S/C29H34N2O4/c1-5-35-26-14-12-25(13-15-26)30-29(32)31(21-22(2)19-23-9-7-6-8-10-23)18-17-24-11-16-27(33-3)28(20-24)34-4/h6-16,19-20H,5,17-18,21H2,1-4H3,(H,30,32)/b22-19+. The molecule has 2 amide bonds. The van der Waals surface area contributed by atoms with Gasteiger partial charge >= 0.3 is 6.03 Å². The third-order valence-electron chi connectivity index (χ3n) is 5.48. The Kier molecular flexibility index (Phi) is 9.60. The first-order valence-corrected chi connectivity index (χ1v) is 11.7. The molecule has 0 heterocycles. The van der Waals surface area contributed by atoms with Crippen LogP contribution in [0.5, 0.6) is 17.2 Å². The van der Waals surface area contributed by atoms with E-state index in [4.69, 9.17) is 14.2 Å². The van der Waals surface area contributed by atoms with Crippen molar-refractivity contribution in [2.75, 3.05) is 39.2 Å². The maximum Gasteiger partial charge on any atom is 0.322 e. The predicted molar refractivity (Wildman–Crippen MR) is 142 cm³/mol. The summed E-state index contributed by atoms with van der Waals surface area (Å²) in [6.07, 6.45) is 2.78. The molecule has 184 valence electrons. The molecule has 0 aromatic heterocycles. The largest absolute Gasteiger partial charge is 0.494 e. The van der Waals surface area contributed by atoms with Crippen LogP contribution in [0.2, 0.25) is 0 Å². The number of nitrogens with one attached hydrogen (secondary N) is 1. The Labute approximate surface area is 208 Å². The number of hydrogen-bond donors (Lipinski definition) is 1. The molecule has 0 aliphatic rings. The van der Waals surface area contributed by atoms with Crippen LogP contribution in [-0.2, 0) is 6.42 Å². The van der Waals surface area contributed by atoms with Crippen molar-refractivity contribution in [2.45, 2.75) is 20.3 Å².